The second-order valence-electron chi connectivity index (χ2n) is 4.68. The van der Waals surface area contributed by atoms with Crippen LogP contribution in [-0.2, 0) is 11.0 Å². The largest absolute Gasteiger partial charge is 0.418 e. The number of benzene rings is 1. The van der Waals surface area contributed by atoms with Crippen LogP contribution in [0.2, 0.25) is 5.02 Å². The van der Waals surface area contributed by atoms with E-state index < -0.39 is 34.1 Å². The molecule has 0 saturated heterocycles. The number of carbonyl (C=O) groups is 1. The molecule has 0 aliphatic heterocycles. The number of carbonyl (C=O) groups excluding carboxylic acids is 1. The highest BCUT2D eigenvalue weighted by molar-refractivity contribution is 8.00. The van der Waals surface area contributed by atoms with E-state index in [4.69, 9.17) is 11.6 Å². The Morgan fingerprint density at radius 3 is 2.71 bits per heavy atom. The summed E-state index contributed by atoms with van der Waals surface area (Å²) in [5.74, 6) is -0.681. The fourth-order valence-electron chi connectivity index (χ4n) is 1.73. The van der Waals surface area contributed by atoms with Gasteiger partial charge in [-0.25, -0.2) is 4.98 Å². The van der Waals surface area contributed by atoms with Crippen LogP contribution >= 0.6 is 23.4 Å². The van der Waals surface area contributed by atoms with E-state index in [2.05, 4.69) is 15.3 Å². The lowest BCUT2D eigenvalue weighted by Crippen LogP contribution is -2.24. The summed E-state index contributed by atoms with van der Waals surface area (Å²) in [5.41, 5.74) is -1.82. The molecule has 24 heavy (non-hydrogen) atoms. The summed E-state index contributed by atoms with van der Waals surface area (Å²) in [6.07, 6.45) is -3.36. The molecule has 128 valence electrons. The molecular weight excluding hydrogens is 367 g/mol. The quantitative estimate of drug-likeness (QED) is 0.631. The van der Waals surface area contributed by atoms with Gasteiger partial charge in [0.25, 0.3) is 5.56 Å². The molecule has 0 aliphatic carbocycles. The summed E-state index contributed by atoms with van der Waals surface area (Å²) in [7, 11) is 0. The lowest BCUT2D eigenvalue weighted by molar-refractivity contribution is -0.137. The third-order valence-electron chi connectivity index (χ3n) is 2.85. The Morgan fingerprint density at radius 2 is 2.08 bits per heavy atom. The van der Waals surface area contributed by atoms with Crippen molar-refractivity contribution in [3.63, 3.8) is 0 Å². The zero-order valence-electron chi connectivity index (χ0n) is 12.1. The first kappa shape index (κ1) is 18.3. The predicted molar refractivity (Wildman–Crippen MR) is 85.3 cm³/mol. The molecule has 0 radical (unpaired) electrons. The van der Waals surface area contributed by atoms with Gasteiger partial charge in [0.2, 0.25) is 5.91 Å². The molecule has 1 amide bonds. The standard InChI is InChI=1S/C14H11ClF3N3O2S/c1-7(24-13-19-5-4-11(22)21-13)12(23)20-10-6-8(15)2-3-9(10)14(16,17)18/h2-7H,1H3,(H,20,23)(H,19,21,22). The van der Waals surface area contributed by atoms with Crippen molar-refractivity contribution < 1.29 is 18.0 Å². The summed E-state index contributed by atoms with van der Waals surface area (Å²) < 4.78 is 38.9. The van der Waals surface area contributed by atoms with Crippen LogP contribution in [0, 0.1) is 0 Å². The second-order valence-corrected chi connectivity index (χ2v) is 6.44. The maximum atomic E-state index is 13.0. The highest BCUT2D eigenvalue weighted by atomic mass is 35.5. The van der Waals surface area contributed by atoms with Crippen LogP contribution in [0.3, 0.4) is 0 Å². The van der Waals surface area contributed by atoms with E-state index in [-0.39, 0.29) is 10.2 Å². The van der Waals surface area contributed by atoms with E-state index in [0.717, 1.165) is 30.0 Å². The van der Waals surface area contributed by atoms with Crippen molar-refractivity contribution in [2.75, 3.05) is 5.32 Å². The minimum atomic E-state index is -4.63. The van der Waals surface area contributed by atoms with Gasteiger partial charge in [-0.3, -0.25) is 9.59 Å². The van der Waals surface area contributed by atoms with Gasteiger partial charge in [0, 0.05) is 17.3 Å². The molecule has 0 fully saturated rings. The Morgan fingerprint density at radius 1 is 1.38 bits per heavy atom. The molecule has 2 N–H and O–H groups in total. The minimum absolute atomic E-state index is 0.0627. The van der Waals surface area contributed by atoms with Crippen molar-refractivity contribution in [1.29, 1.82) is 0 Å². The maximum absolute atomic E-state index is 13.0. The van der Waals surface area contributed by atoms with Gasteiger partial charge in [0.15, 0.2) is 5.16 Å². The Labute approximate surface area is 143 Å². The lowest BCUT2D eigenvalue weighted by Gasteiger charge is -2.16. The molecule has 0 saturated carbocycles. The van der Waals surface area contributed by atoms with Gasteiger partial charge in [0.1, 0.15) is 0 Å². The van der Waals surface area contributed by atoms with E-state index in [1.54, 1.807) is 0 Å². The molecular formula is C14H11ClF3N3O2S. The number of alkyl halides is 3. The number of anilines is 1. The molecule has 0 spiro atoms. The topological polar surface area (TPSA) is 74.8 Å². The number of rotatable bonds is 4. The molecule has 5 nitrogen and oxygen atoms in total. The smallest absolute Gasteiger partial charge is 0.324 e. The molecule has 0 aliphatic rings. The van der Waals surface area contributed by atoms with E-state index in [0.29, 0.717) is 0 Å². The average Bonchev–Trinajstić information content (AvgIpc) is 2.45. The fourth-order valence-corrected chi connectivity index (χ4v) is 2.69. The van der Waals surface area contributed by atoms with Crippen molar-refractivity contribution >= 4 is 35.0 Å². The van der Waals surface area contributed by atoms with Crippen LogP contribution in [-0.4, -0.2) is 21.1 Å². The Hall–Kier alpha value is -2.00. The number of halogens is 4. The third kappa shape index (κ3) is 4.75. The molecule has 1 aromatic carbocycles. The molecule has 1 aromatic heterocycles. The van der Waals surface area contributed by atoms with Crippen molar-refractivity contribution in [3.8, 4) is 0 Å². The van der Waals surface area contributed by atoms with Crippen LogP contribution in [0.15, 0.2) is 40.4 Å². The Balaban J connectivity index is 2.17. The third-order valence-corrected chi connectivity index (χ3v) is 4.08. The summed E-state index contributed by atoms with van der Waals surface area (Å²) in [5, 5.41) is 1.66. The molecule has 10 heteroatoms. The SMILES string of the molecule is CC(Sc1nccc(=O)[nH]1)C(=O)Nc1cc(Cl)ccc1C(F)(F)F. The van der Waals surface area contributed by atoms with Gasteiger partial charge in [0.05, 0.1) is 16.5 Å². The van der Waals surface area contributed by atoms with E-state index >= 15 is 0 Å². The number of aromatic amines is 1. The van der Waals surface area contributed by atoms with E-state index in [1.165, 1.54) is 19.2 Å². The summed E-state index contributed by atoms with van der Waals surface area (Å²) in [6, 6.07) is 4.13. The van der Waals surface area contributed by atoms with Crippen molar-refractivity contribution in [3.05, 3.63) is 51.4 Å². The molecule has 0 bridgehead atoms. The number of thioether (sulfide) groups is 1. The molecule has 2 aromatic rings. The second kappa shape index (κ2) is 7.27. The van der Waals surface area contributed by atoms with Crippen molar-refractivity contribution in [2.45, 2.75) is 23.5 Å². The molecule has 2 rings (SSSR count). The zero-order valence-corrected chi connectivity index (χ0v) is 13.7. The van der Waals surface area contributed by atoms with Gasteiger partial charge in [-0.15, -0.1) is 0 Å². The number of hydrogen-bond acceptors (Lipinski definition) is 4. The Bertz CT molecular complexity index is 810. The van der Waals surface area contributed by atoms with E-state index in [1.807, 2.05) is 0 Å². The zero-order chi connectivity index (χ0) is 17.9. The minimum Gasteiger partial charge on any atom is -0.324 e. The first-order chi connectivity index (χ1) is 11.2. The number of hydrogen-bond donors (Lipinski definition) is 2. The van der Waals surface area contributed by atoms with Gasteiger partial charge < -0.3 is 10.3 Å². The monoisotopic (exact) mass is 377 g/mol. The maximum Gasteiger partial charge on any atom is 0.418 e. The molecule has 1 atom stereocenters. The average molecular weight is 378 g/mol. The lowest BCUT2D eigenvalue weighted by atomic mass is 10.1. The Kier molecular flexibility index (Phi) is 5.55. The number of amides is 1. The van der Waals surface area contributed by atoms with Gasteiger partial charge in [-0.05, 0) is 25.1 Å². The predicted octanol–water partition coefficient (Wildman–Crippen LogP) is 3.56. The van der Waals surface area contributed by atoms with Gasteiger partial charge in [-0.1, -0.05) is 23.4 Å². The van der Waals surface area contributed by atoms with Crippen LogP contribution in [0.5, 0.6) is 0 Å². The summed E-state index contributed by atoms with van der Waals surface area (Å²) in [4.78, 5) is 29.6. The highest BCUT2D eigenvalue weighted by Crippen LogP contribution is 2.36. The highest BCUT2D eigenvalue weighted by Gasteiger charge is 2.34. The molecule has 1 heterocycles. The van der Waals surface area contributed by atoms with Crippen molar-refractivity contribution in [1.82, 2.24) is 9.97 Å². The van der Waals surface area contributed by atoms with Crippen molar-refractivity contribution in [2.24, 2.45) is 0 Å². The van der Waals surface area contributed by atoms with Crippen LogP contribution in [0.4, 0.5) is 18.9 Å². The van der Waals surface area contributed by atoms with Crippen LogP contribution < -0.4 is 10.9 Å². The normalized spacial score (nSPS) is 12.7. The number of aromatic nitrogens is 2. The fraction of sp³-hybridized carbons (Fsp3) is 0.214. The summed E-state index contributed by atoms with van der Waals surface area (Å²) in [6.45, 7) is 1.48. The number of nitrogens with one attached hydrogen (secondary N) is 2. The number of nitrogens with zero attached hydrogens (tertiary/aromatic N) is 1. The first-order valence-corrected chi connectivity index (χ1v) is 7.82. The number of H-pyrrole nitrogens is 1. The van der Waals surface area contributed by atoms with Crippen LogP contribution in [0.25, 0.3) is 0 Å². The molecule has 1 unspecified atom stereocenters. The van der Waals surface area contributed by atoms with E-state index in [9.17, 15) is 22.8 Å². The van der Waals surface area contributed by atoms with Gasteiger partial charge >= 0.3 is 6.18 Å². The summed E-state index contributed by atoms with van der Waals surface area (Å²) >= 11 is 6.61. The first-order valence-electron chi connectivity index (χ1n) is 6.56. The van der Waals surface area contributed by atoms with Crippen LogP contribution in [0.1, 0.15) is 12.5 Å². The van der Waals surface area contributed by atoms with Gasteiger partial charge in [-0.2, -0.15) is 13.2 Å².